The van der Waals surface area contributed by atoms with Crippen LogP contribution in [-0.4, -0.2) is 22.7 Å². The van der Waals surface area contributed by atoms with Crippen LogP contribution in [0, 0.1) is 0 Å². The minimum atomic E-state index is -0.434. The molecule has 2 aromatic heterocycles. The summed E-state index contributed by atoms with van der Waals surface area (Å²) in [6.07, 6.45) is 3.14. The Labute approximate surface area is 125 Å². The molecular weight excluding hydrogens is 282 g/mol. The Balaban J connectivity index is 2.09. The lowest BCUT2D eigenvalue weighted by Gasteiger charge is -2.12. The Morgan fingerprint density at radius 3 is 2.64 bits per heavy atom. The normalized spacial score (nSPS) is 10.4. The molecule has 0 saturated carbocycles. The lowest BCUT2D eigenvalue weighted by Crippen LogP contribution is -2.32. The van der Waals surface area contributed by atoms with Gasteiger partial charge in [-0.05, 0) is 29.7 Å². The molecule has 2 heterocycles. The van der Waals surface area contributed by atoms with Crippen molar-refractivity contribution in [3.63, 3.8) is 0 Å². The Morgan fingerprint density at radius 1 is 1.18 bits per heavy atom. The standard InChI is InChI=1S/C16H13N3O3/c1-22-19-14(15(20)18-12-6-8-17-9-7-12)10-11-4-2-3-5-13(11)16(19)21/h2-10H,1H3,(H,17,18,20). The first-order chi connectivity index (χ1) is 10.7. The maximum atomic E-state index is 12.4. The summed E-state index contributed by atoms with van der Waals surface area (Å²) in [5, 5.41) is 3.88. The first kappa shape index (κ1) is 13.8. The quantitative estimate of drug-likeness (QED) is 0.798. The van der Waals surface area contributed by atoms with E-state index in [4.69, 9.17) is 4.84 Å². The Hall–Kier alpha value is -3.15. The fraction of sp³-hybridized carbons (Fsp3) is 0.0625. The maximum absolute atomic E-state index is 12.4. The number of anilines is 1. The number of benzene rings is 1. The van der Waals surface area contributed by atoms with Crippen LogP contribution in [-0.2, 0) is 0 Å². The molecule has 1 N–H and O–H groups in total. The van der Waals surface area contributed by atoms with Gasteiger partial charge in [0.25, 0.3) is 11.5 Å². The van der Waals surface area contributed by atoms with Crippen LogP contribution in [0.1, 0.15) is 10.5 Å². The van der Waals surface area contributed by atoms with E-state index in [1.165, 1.54) is 7.11 Å². The highest BCUT2D eigenvalue weighted by Gasteiger charge is 2.16. The molecule has 3 aromatic rings. The number of pyridine rings is 2. The third-order valence-corrected chi connectivity index (χ3v) is 3.24. The summed E-state index contributed by atoms with van der Waals surface area (Å²) >= 11 is 0. The third kappa shape index (κ3) is 2.42. The SMILES string of the molecule is COn1c(C(=O)Nc2ccncc2)cc2ccccc2c1=O. The van der Waals surface area contributed by atoms with E-state index in [1.54, 1.807) is 48.8 Å². The molecule has 22 heavy (non-hydrogen) atoms. The molecule has 0 spiro atoms. The summed E-state index contributed by atoms with van der Waals surface area (Å²) in [5.41, 5.74) is 0.340. The maximum Gasteiger partial charge on any atom is 0.291 e. The number of carbonyl (C=O) groups is 1. The highest BCUT2D eigenvalue weighted by molar-refractivity contribution is 6.04. The molecular formula is C16H13N3O3. The number of fused-ring (bicyclic) bond motifs is 1. The fourth-order valence-corrected chi connectivity index (χ4v) is 2.21. The molecule has 0 saturated heterocycles. The van der Waals surface area contributed by atoms with Crippen LogP contribution in [0.25, 0.3) is 10.8 Å². The second-order valence-corrected chi connectivity index (χ2v) is 4.59. The second kappa shape index (κ2) is 5.69. The van der Waals surface area contributed by atoms with E-state index in [2.05, 4.69) is 10.3 Å². The largest absolute Gasteiger partial charge is 0.413 e. The summed E-state index contributed by atoms with van der Waals surface area (Å²) < 4.78 is 0.985. The van der Waals surface area contributed by atoms with Crippen molar-refractivity contribution in [2.24, 2.45) is 0 Å². The van der Waals surface area contributed by atoms with Gasteiger partial charge in [-0.3, -0.25) is 14.6 Å². The number of nitrogens with zero attached hydrogens (tertiary/aromatic N) is 2. The Kier molecular flexibility index (Phi) is 3.57. The van der Waals surface area contributed by atoms with E-state index < -0.39 is 5.91 Å². The van der Waals surface area contributed by atoms with Crippen molar-refractivity contribution >= 4 is 22.4 Å². The Morgan fingerprint density at radius 2 is 1.91 bits per heavy atom. The average Bonchev–Trinajstić information content (AvgIpc) is 2.55. The number of rotatable bonds is 3. The van der Waals surface area contributed by atoms with Crippen molar-refractivity contribution < 1.29 is 9.63 Å². The molecule has 6 heteroatoms. The monoisotopic (exact) mass is 295 g/mol. The molecule has 0 atom stereocenters. The molecule has 0 aliphatic rings. The van der Waals surface area contributed by atoms with Crippen LogP contribution in [0.4, 0.5) is 5.69 Å². The zero-order valence-electron chi connectivity index (χ0n) is 11.8. The molecule has 0 unspecified atom stereocenters. The number of carbonyl (C=O) groups excluding carboxylic acids is 1. The number of nitrogens with one attached hydrogen (secondary N) is 1. The number of aromatic nitrogens is 2. The van der Waals surface area contributed by atoms with Crippen molar-refractivity contribution in [1.82, 2.24) is 9.71 Å². The van der Waals surface area contributed by atoms with Gasteiger partial charge < -0.3 is 10.2 Å². The van der Waals surface area contributed by atoms with Gasteiger partial charge in [-0.1, -0.05) is 18.2 Å². The molecule has 0 bridgehead atoms. The first-order valence-corrected chi connectivity index (χ1v) is 6.61. The third-order valence-electron chi connectivity index (χ3n) is 3.24. The van der Waals surface area contributed by atoms with Gasteiger partial charge in [-0.15, -0.1) is 4.73 Å². The molecule has 1 amide bonds. The van der Waals surface area contributed by atoms with Gasteiger partial charge in [0.2, 0.25) is 0 Å². The minimum absolute atomic E-state index is 0.128. The molecule has 1 aromatic carbocycles. The summed E-state index contributed by atoms with van der Waals surface area (Å²) in [6, 6.07) is 12.0. The predicted octanol–water partition coefficient (Wildman–Crippen LogP) is 1.71. The lowest BCUT2D eigenvalue weighted by atomic mass is 10.1. The highest BCUT2D eigenvalue weighted by atomic mass is 16.6. The van der Waals surface area contributed by atoms with Crippen LogP contribution >= 0.6 is 0 Å². The van der Waals surface area contributed by atoms with Crippen LogP contribution in [0.3, 0.4) is 0 Å². The van der Waals surface area contributed by atoms with Crippen molar-refractivity contribution in [3.05, 3.63) is 70.9 Å². The van der Waals surface area contributed by atoms with E-state index >= 15 is 0 Å². The van der Waals surface area contributed by atoms with Crippen LogP contribution < -0.4 is 15.7 Å². The van der Waals surface area contributed by atoms with Crippen LogP contribution in [0.15, 0.2) is 59.7 Å². The van der Waals surface area contributed by atoms with Gasteiger partial charge in [0.15, 0.2) is 0 Å². The summed E-state index contributed by atoms with van der Waals surface area (Å²) in [4.78, 5) is 33.8. The number of hydrogen-bond acceptors (Lipinski definition) is 4. The minimum Gasteiger partial charge on any atom is -0.413 e. The Bertz CT molecular complexity index is 888. The smallest absolute Gasteiger partial charge is 0.291 e. The molecule has 110 valence electrons. The number of amides is 1. The molecule has 0 aliphatic carbocycles. The van der Waals surface area contributed by atoms with Gasteiger partial charge in [-0.25, -0.2) is 0 Å². The van der Waals surface area contributed by atoms with E-state index in [0.29, 0.717) is 16.5 Å². The highest BCUT2D eigenvalue weighted by Crippen LogP contribution is 2.13. The summed E-state index contributed by atoms with van der Waals surface area (Å²) in [7, 11) is 1.35. The molecule has 0 fully saturated rings. The van der Waals surface area contributed by atoms with Gasteiger partial charge in [0.1, 0.15) is 12.8 Å². The van der Waals surface area contributed by atoms with Crippen LogP contribution in [0.2, 0.25) is 0 Å². The fourth-order valence-electron chi connectivity index (χ4n) is 2.21. The zero-order valence-corrected chi connectivity index (χ0v) is 11.8. The van der Waals surface area contributed by atoms with Crippen LogP contribution in [0.5, 0.6) is 0 Å². The molecule has 6 nitrogen and oxygen atoms in total. The van der Waals surface area contributed by atoms with E-state index in [1.807, 2.05) is 6.07 Å². The lowest BCUT2D eigenvalue weighted by molar-refractivity contribution is 0.0952. The topological polar surface area (TPSA) is 73.2 Å². The van der Waals surface area contributed by atoms with Crippen molar-refractivity contribution in [1.29, 1.82) is 0 Å². The summed E-state index contributed by atoms with van der Waals surface area (Å²) in [5.74, 6) is -0.434. The van der Waals surface area contributed by atoms with E-state index in [0.717, 1.165) is 4.73 Å². The van der Waals surface area contributed by atoms with Gasteiger partial charge in [-0.2, -0.15) is 0 Å². The first-order valence-electron chi connectivity index (χ1n) is 6.61. The van der Waals surface area contributed by atoms with Gasteiger partial charge in [0, 0.05) is 18.1 Å². The molecule has 3 rings (SSSR count). The second-order valence-electron chi connectivity index (χ2n) is 4.59. The van der Waals surface area contributed by atoms with Crippen molar-refractivity contribution in [3.8, 4) is 0 Å². The van der Waals surface area contributed by atoms with Gasteiger partial charge in [0.05, 0.1) is 5.39 Å². The zero-order chi connectivity index (χ0) is 15.5. The van der Waals surface area contributed by atoms with Crippen molar-refractivity contribution in [2.45, 2.75) is 0 Å². The molecule has 0 radical (unpaired) electrons. The average molecular weight is 295 g/mol. The van der Waals surface area contributed by atoms with Crippen molar-refractivity contribution in [2.75, 3.05) is 12.4 Å². The number of hydrogen-bond donors (Lipinski definition) is 1. The van der Waals surface area contributed by atoms with E-state index in [-0.39, 0.29) is 11.3 Å². The predicted molar refractivity (Wildman–Crippen MR) is 82.9 cm³/mol. The molecule has 0 aliphatic heterocycles. The van der Waals surface area contributed by atoms with Gasteiger partial charge >= 0.3 is 0 Å². The summed E-state index contributed by atoms with van der Waals surface area (Å²) in [6.45, 7) is 0. The van der Waals surface area contributed by atoms with E-state index in [9.17, 15) is 9.59 Å².